The van der Waals surface area contributed by atoms with E-state index in [2.05, 4.69) is 15.9 Å². The summed E-state index contributed by atoms with van der Waals surface area (Å²) in [6.07, 6.45) is 0.907. The van der Waals surface area contributed by atoms with Crippen LogP contribution in [0.25, 0.3) is 0 Å². The van der Waals surface area contributed by atoms with Crippen LogP contribution >= 0.6 is 15.9 Å². The number of hydrogen-bond donors (Lipinski definition) is 1. The van der Waals surface area contributed by atoms with Crippen LogP contribution in [-0.2, 0) is 14.8 Å². The molecule has 0 aliphatic carbocycles. The first-order valence-electron chi connectivity index (χ1n) is 4.26. The zero-order valence-electron chi connectivity index (χ0n) is 8.44. The fourth-order valence-electron chi connectivity index (χ4n) is 0.916. The monoisotopic (exact) mass is 307 g/mol. The summed E-state index contributed by atoms with van der Waals surface area (Å²) >= 11 is 3.25. The molecule has 1 rings (SSSR count). The molecule has 5 nitrogen and oxygen atoms in total. The van der Waals surface area contributed by atoms with Gasteiger partial charge in [-0.2, -0.15) is 0 Å². The third-order valence-electron chi connectivity index (χ3n) is 1.48. The number of nitrogens with one attached hydrogen (secondary N) is 1. The van der Waals surface area contributed by atoms with Gasteiger partial charge in [-0.3, -0.25) is 9.52 Å². The Morgan fingerprint density at radius 3 is 2.44 bits per heavy atom. The largest absolute Gasteiger partial charge is 0.484 e. The van der Waals surface area contributed by atoms with E-state index in [1.54, 1.807) is 29.0 Å². The number of sulfonamides is 1. The second kappa shape index (κ2) is 5.31. The molecular weight excluding hydrogens is 298 g/mol. The molecule has 1 aromatic carbocycles. The summed E-state index contributed by atoms with van der Waals surface area (Å²) in [6, 6.07) is 6.84. The molecule has 0 aliphatic heterocycles. The highest BCUT2D eigenvalue weighted by atomic mass is 79.9. The van der Waals surface area contributed by atoms with Gasteiger partial charge in [0.25, 0.3) is 5.91 Å². The van der Waals surface area contributed by atoms with E-state index in [4.69, 9.17) is 4.74 Å². The number of carbonyl (C=O) groups excluding carboxylic acids is 1. The van der Waals surface area contributed by atoms with E-state index in [9.17, 15) is 13.2 Å². The Bertz CT molecular complexity index is 469. The van der Waals surface area contributed by atoms with E-state index in [0.717, 1.165) is 10.7 Å². The Hall–Kier alpha value is -1.08. The molecule has 0 radical (unpaired) electrons. The van der Waals surface area contributed by atoms with E-state index >= 15 is 0 Å². The standard InChI is InChI=1S/C9H10BrNO4S/c1-16(13,14)11-9(12)6-15-8-4-2-7(10)3-5-8/h2-5H,6H2,1H3,(H,11,12). The van der Waals surface area contributed by atoms with Gasteiger partial charge in [-0.25, -0.2) is 8.42 Å². The van der Waals surface area contributed by atoms with E-state index in [0.29, 0.717) is 5.75 Å². The molecule has 16 heavy (non-hydrogen) atoms. The van der Waals surface area contributed by atoms with Crippen molar-refractivity contribution in [1.82, 2.24) is 4.72 Å². The third kappa shape index (κ3) is 5.13. The Balaban J connectivity index is 2.46. The second-order valence-corrected chi connectivity index (χ2v) is 5.70. The fourth-order valence-corrected chi connectivity index (χ4v) is 1.65. The first-order chi connectivity index (χ1) is 7.37. The van der Waals surface area contributed by atoms with E-state index in [1.807, 2.05) is 0 Å². The third-order valence-corrected chi connectivity index (χ3v) is 2.61. The number of benzene rings is 1. The van der Waals surface area contributed by atoms with E-state index in [1.165, 1.54) is 0 Å². The quantitative estimate of drug-likeness (QED) is 0.897. The van der Waals surface area contributed by atoms with Gasteiger partial charge in [0.15, 0.2) is 6.61 Å². The maximum Gasteiger partial charge on any atom is 0.271 e. The number of halogens is 1. The average Bonchev–Trinajstić information content (AvgIpc) is 2.14. The van der Waals surface area contributed by atoms with Crippen molar-refractivity contribution in [2.24, 2.45) is 0 Å². The van der Waals surface area contributed by atoms with Crippen LogP contribution < -0.4 is 9.46 Å². The van der Waals surface area contributed by atoms with E-state index < -0.39 is 15.9 Å². The van der Waals surface area contributed by atoms with Gasteiger partial charge in [0.1, 0.15) is 5.75 Å². The Morgan fingerprint density at radius 1 is 1.38 bits per heavy atom. The topological polar surface area (TPSA) is 72.5 Å². The van der Waals surface area contributed by atoms with Gasteiger partial charge in [0.05, 0.1) is 6.26 Å². The van der Waals surface area contributed by atoms with Crippen molar-refractivity contribution in [2.75, 3.05) is 12.9 Å². The number of rotatable bonds is 4. The molecule has 1 N–H and O–H groups in total. The molecule has 0 aliphatic rings. The number of ether oxygens (including phenoxy) is 1. The minimum atomic E-state index is -3.52. The minimum absolute atomic E-state index is 0.339. The number of carbonyl (C=O) groups is 1. The first kappa shape index (κ1) is 13.0. The highest BCUT2D eigenvalue weighted by Crippen LogP contribution is 2.15. The van der Waals surface area contributed by atoms with Crippen LogP contribution in [0.15, 0.2) is 28.7 Å². The summed E-state index contributed by atoms with van der Waals surface area (Å²) in [5, 5.41) is 0. The van der Waals surface area contributed by atoms with Crippen molar-refractivity contribution >= 4 is 31.9 Å². The molecule has 0 bridgehead atoms. The molecule has 0 unspecified atom stereocenters. The predicted molar refractivity (Wildman–Crippen MR) is 62.6 cm³/mol. The van der Waals surface area contributed by atoms with Crippen LogP contribution in [0.5, 0.6) is 5.75 Å². The first-order valence-corrected chi connectivity index (χ1v) is 6.94. The molecule has 1 aromatic rings. The Morgan fingerprint density at radius 2 is 1.94 bits per heavy atom. The molecule has 0 spiro atoms. The summed E-state index contributed by atoms with van der Waals surface area (Å²) < 4.78 is 29.2. The molecule has 0 heterocycles. The van der Waals surface area contributed by atoms with Gasteiger partial charge in [-0.15, -0.1) is 0 Å². The van der Waals surface area contributed by atoms with Crippen molar-refractivity contribution in [1.29, 1.82) is 0 Å². The number of amides is 1. The SMILES string of the molecule is CS(=O)(=O)NC(=O)COc1ccc(Br)cc1. The van der Waals surface area contributed by atoms with Crippen molar-refractivity contribution < 1.29 is 17.9 Å². The van der Waals surface area contributed by atoms with Crippen LogP contribution in [0.4, 0.5) is 0 Å². The summed E-state index contributed by atoms with van der Waals surface area (Å²) in [6.45, 7) is -0.339. The minimum Gasteiger partial charge on any atom is -0.484 e. The molecule has 0 saturated carbocycles. The van der Waals surface area contributed by atoms with Crippen molar-refractivity contribution in [2.45, 2.75) is 0 Å². The lowest BCUT2D eigenvalue weighted by atomic mass is 10.3. The van der Waals surface area contributed by atoms with Crippen molar-refractivity contribution in [3.63, 3.8) is 0 Å². The average molecular weight is 308 g/mol. The van der Waals surface area contributed by atoms with Crippen LogP contribution in [0.1, 0.15) is 0 Å². The van der Waals surface area contributed by atoms with Crippen molar-refractivity contribution in [3.8, 4) is 5.75 Å². The maximum atomic E-state index is 11.1. The van der Waals surface area contributed by atoms with Gasteiger partial charge < -0.3 is 4.74 Å². The molecule has 1 amide bonds. The molecule has 0 aromatic heterocycles. The molecule has 0 atom stereocenters. The van der Waals surface area contributed by atoms with Crippen LogP contribution in [0.2, 0.25) is 0 Å². The lowest BCUT2D eigenvalue weighted by Gasteiger charge is -2.05. The summed E-state index contributed by atoms with van der Waals surface area (Å²) in [4.78, 5) is 11.1. The summed E-state index contributed by atoms with van der Waals surface area (Å²) in [7, 11) is -3.52. The van der Waals surface area contributed by atoms with Crippen molar-refractivity contribution in [3.05, 3.63) is 28.7 Å². The van der Waals surface area contributed by atoms with Gasteiger partial charge in [-0.05, 0) is 24.3 Å². The fraction of sp³-hybridized carbons (Fsp3) is 0.222. The molecule has 88 valence electrons. The zero-order chi connectivity index (χ0) is 12.2. The predicted octanol–water partition coefficient (Wildman–Crippen LogP) is 0.904. The zero-order valence-corrected chi connectivity index (χ0v) is 10.8. The summed E-state index contributed by atoms with van der Waals surface area (Å²) in [5.41, 5.74) is 0. The molecule has 0 saturated heterocycles. The van der Waals surface area contributed by atoms with Gasteiger partial charge >= 0.3 is 0 Å². The Labute approximate surface area is 102 Å². The molecule has 7 heteroatoms. The van der Waals surface area contributed by atoms with Crippen LogP contribution in [0.3, 0.4) is 0 Å². The lowest BCUT2D eigenvalue weighted by Crippen LogP contribution is -2.33. The van der Waals surface area contributed by atoms with Crippen LogP contribution in [0, 0.1) is 0 Å². The maximum absolute atomic E-state index is 11.1. The normalized spacial score (nSPS) is 10.9. The molecule has 0 fully saturated rings. The van der Waals surface area contributed by atoms with Gasteiger partial charge in [0, 0.05) is 4.47 Å². The lowest BCUT2D eigenvalue weighted by molar-refractivity contribution is -0.121. The highest BCUT2D eigenvalue weighted by Gasteiger charge is 2.08. The molecular formula is C9H10BrNO4S. The van der Waals surface area contributed by atoms with Crippen LogP contribution in [-0.4, -0.2) is 27.2 Å². The van der Waals surface area contributed by atoms with Gasteiger partial charge in [-0.1, -0.05) is 15.9 Å². The second-order valence-electron chi connectivity index (χ2n) is 3.04. The summed E-state index contributed by atoms with van der Waals surface area (Å²) in [5.74, 6) is -0.211. The van der Waals surface area contributed by atoms with Gasteiger partial charge in [0.2, 0.25) is 10.0 Å². The number of hydrogen-bond acceptors (Lipinski definition) is 4. The Kier molecular flexibility index (Phi) is 4.31. The highest BCUT2D eigenvalue weighted by molar-refractivity contribution is 9.10. The van der Waals surface area contributed by atoms with E-state index in [-0.39, 0.29) is 6.61 Å². The smallest absolute Gasteiger partial charge is 0.271 e.